The van der Waals surface area contributed by atoms with Crippen molar-refractivity contribution in [1.29, 1.82) is 0 Å². The van der Waals surface area contributed by atoms with Crippen molar-refractivity contribution in [1.82, 2.24) is 9.88 Å². The summed E-state index contributed by atoms with van der Waals surface area (Å²) in [6, 6.07) is 15.7. The first-order valence-electron chi connectivity index (χ1n) is 10.4. The molecule has 1 aromatic heterocycles. The molecule has 0 radical (unpaired) electrons. The highest BCUT2D eigenvalue weighted by Crippen LogP contribution is 2.33. The summed E-state index contributed by atoms with van der Waals surface area (Å²) in [5, 5.41) is 1.81. The van der Waals surface area contributed by atoms with Crippen LogP contribution in [0.3, 0.4) is 0 Å². The number of aromatic nitrogens is 1. The van der Waals surface area contributed by atoms with E-state index >= 15 is 0 Å². The van der Waals surface area contributed by atoms with Gasteiger partial charge in [0.05, 0.1) is 10.2 Å². The molecular weight excluding hydrogens is 386 g/mol. The summed E-state index contributed by atoms with van der Waals surface area (Å²) in [7, 11) is 0. The average molecular weight is 412 g/mol. The van der Waals surface area contributed by atoms with Gasteiger partial charge in [0.15, 0.2) is 0 Å². The summed E-state index contributed by atoms with van der Waals surface area (Å²) in [6.45, 7) is 4.96. The van der Waals surface area contributed by atoms with Crippen LogP contribution in [0.1, 0.15) is 32.1 Å². The first-order valence-corrected chi connectivity index (χ1v) is 11.6. The van der Waals surface area contributed by atoms with Gasteiger partial charge in [0.2, 0.25) is 0 Å². The predicted molar refractivity (Wildman–Crippen MR) is 121 cm³/mol. The van der Waals surface area contributed by atoms with Crippen LogP contribution in [0.15, 0.2) is 42.5 Å². The van der Waals surface area contributed by atoms with E-state index in [1.54, 1.807) is 11.3 Å². The van der Waals surface area contributed by atoms with Gasteiger partial charge < -0.3 is 9.80 Å². The molecule has 0 saturated carbocycles. The fourth-order valence-corrected chi connectivity index (χ4v) is 5.73. The molecular formula is C23H26ClN3S. The molecule has 2 aromatic carbocycles. The van der Waals surface area contributed by atoms with E-state index in [-0.39, 0.29) is 0 Å². The minimum atomic E-state index is 0.743. The number of anilines is 1. The van der Waals surface area contributed by atoms with E-state index < -0.39 is 0 Å². The molecule has 0 unspecified atom stereocenters. The van der Waals surface area contributed by atoms with Crippen LogP contribution in [0.25, 0.3) is 20.8 Å². The zero-order valence-corrected chi connectivity index (χ0v) is 17.7. The van der Waals surface area contributed by atoms with Gasteiger partial charge in [-0.3, -0.25) is 0 Å². The number of rotatable bonds is 3. The number of likely N-dealkylation sites (tertiary alicyclic amines) is 1. The highest BCUT2D eigenvalue weighted by Gasteiger charge is 2.25. The van der Waals surface area contributed by atoms with Crippen LogP contribution in [0, 0.1) is 0 Å². The van der Waals surface area contributed by atoms with Crippen LogP contribution < -0.4 is 4.90 Å². The quantitative estimate of drug-likeness (QED) is 0.521. The highest BCUT2D eigenvalue weighted by molar-refractivity contribution is 7.21. The first kappa shape index (κ1) is 18.4. The Balaban J connectivity index is 1.26. The minimum Gasteiger partial charge on any atom is -0.371 e. The molecule has 3 aromatic rings. The smallest absolute Gasteiger partial charge is 0.124 e. The lowest BCUT2D eigenvalue weighted by Gasteiger charge is -2.41. The van der Waals surface area contributed by atoms with Gasteiger partial charge in [-0.1, -0.05) is 18.0 Å². The molecule has 3 heterocycles. The topological polar surface area (TPSA) is 19.4 Å². The molecule has 2 saturated heterocycles. The molecule has 146 valence electrons. The Kier molecular flexibility index (Phi) is 5.27. The normalized spacial score (nSPS) is 19.4. The monoisotopic (exact) mass is 411 g/mol. The molecule has 3 nitrogen and oxygen atoms in total. The molecule has 2 fully saturated rings. The molecule has 28 heavy (non-hydrogen) atoms. The molecule has 0 atom stereocenters. The van der Waals surface area contributed by atoms with Crippen LogP contribution >= 0.6 is 22.9 Å². The van der Waals surface area contributed by atoms with Crippen molar-refractivity contribution >= 4 is 38.8 Å². The number of hydrogen-bond donors (Lipinski definition) is 0. The zero-order valence-electron chi connectivity index (χ0n) is 16.1. The number of benzene rings is 2. The fraction of sp³-hybridized carbons (Fsp3) is 0.435. The van der Waals surface area contributed by atoms with Crippen LogP contribution in [0.5, 0.6) is 0 Å². The Morgan fingerprint density at radius 1 is 0.893 bits per heavy atom. The molecule has 0 bridgehead atoms. The Morgan fingerprint density at radius 2 is 1.64 bits per heavy atom. The van der Waals surface area contributed by atoms with E-state index in [0.717, 1.165) is 21.6 Å². The number of nitrogens with zero attached hydrogens (tertiary/aromatic N) is 3. The van der Waals surface area contributed by atoms with E-state index in [1.165, 1.54) is 74.2 Å². The lowest BCUT2D eigenvalue weighted by Crippen LogP contribution is -2.46. The second kappa shape index (κ2) is 8.02. The zero-order chi connectivity index (χ0) is 18.9. The van der Waals surface area contributed by atoms with Crippen LogP contribution in [-0.2, 0) is 0 Å². The van der Waals surface area contributed by atoms with Crippen molar-refractivity contribution in [2.75, 3.05) is 31.1 Å². The molecule has 0 amide bonds. The highest BCUT2D eigenvalue weighted by atomic mass is 35.5. The third kappa shape index (κ3) is 3.78. The molecule has 5 heteroatoms. The van der Waals surface area contributed by atoms with Gasteiger partial charge in [-0.25, -0.2) is 4.98 Å². The summed E-state index contributed by atoms with van der Waals surface area (Å²) in [4.78, 5) is 10.0. The van der Waals surface area contributed by atoms with Crippen LogP contribution in [0.2, 0.25) is 5.02 Å². The van der Waals surface area contributed by atoms with E-state index in [2.05, 4.69) is 40.1 Å². The van der Waals surface area contributed by atoms with Crippen molar-refractivity contribution in [2.45, 2.75) is 38.1 Å². The molecule has 0 aliphatic carbocycles. The second-order valence-electron chi connectivity index (χ2n) is 7.99. The number of halogens is 1. The predicted octanol–water partition coefficient (Wildman–Crippen LogP) is 6.07. The maximum atomic E-state index is 6.10. The van der Waals surface area contributed by atoms with E-state index in [9.17, 15) is 0 Å². The molecule has 2 aliphatic rings. The van der Waals surface area contributed by atoms with Gasteiger partial charge in [0.25, 0.3) is 0 Å². The Morgan fingerprint density at radius 3 is 2.39 bits per heavy atom. The fourth-order valence-electron chi connectivity index (χ4n) is 4.61. The Bertz CT molecular complexity index is 938. The van der Waals surface area contributed by atoms with Gasteiger partial charge in [-0.2, -0.15) is 0 Å². The van der Waals surface area contributed by atoms with Crippen LogP contribution in [0.4, 0.5) is 5.69 Å². The number of thiazole rings is 1. The van der Waals surface area contributed by atoms with Gasteiger partial charge in [0, 0.05) is 35.4 Å². The van der Waals surface area contributed by atoms with Gasteiger partial charge in [0.1, 0.15) is 5.01 Å². The lowest BCUT2D eigenvalue weighted by atomic mass is 9.99. The largest absolute Gasteiger partial charge is 0.371 e. The van der Waals surface area contributed by atoms with Gasteiger partial charge in [-0.05, 0) is 81.2 Å². The second-order valence-corrected chi connectivity index (χ2v) is 9.46. The number of fused-ring (bicyclic) bond motifs is 1. The van der Waals surface area contributed by atoms with Crippen molar-refractivity contribution < 1.29 is 0 Å². The Labute approximate surface area is 175 Å². The summed E-state index contributed by atoms with van der Waals surface area (Å²) in [6.07, 6.45) is 6.78. The maximum absolute atomic E-state index is 6.10. The van der Waals surface area contributed by atoms with Crippen molar-refractivity contribution in [2.24, 2.45) is 0 Å². The standard InChI is InChI=1S/C23H26ClN3S/c24-18-6-9-22-21(16-18)25-23(28-22)17-4-7-19(8-5-17)27-14-10-20(11-15-27)26-12-2-1-3-13-26/h4-9,16,20H,1-3,10-15H2. The third-order valence-corrected chi connectivity index (χ3v) is 7.52. The van der Waals surface area contributed by atoms with Crippen LogP contribution in [-0.4, -0.2) is 42.1 Å². The summed E-state index contributed by atoms with van der Waals surface area (Å²) in [5.41, 5.74) is 3.51. The number of hydrogen-bond acceptors (Lipinski definition) is 4. The van der Waals surface area contributed by atoms with E-state index in [4.69, 9.17) is 16.6 Å². The molecule has 0 spiro atoms. The van der Waals surface area contributed by atoms with Crippen molar-refractivity contribution in [3.8, 4) is 10.6 Å². The lowest BCUT2D eigenvalue weighted by molar-refractivity contribution is 0.141. The first-order chi connectivity index (χ1) is 13.8. The summed E-state index contributed by atoms with van der Waals surface area (Å²) in [5.74, 6) is 0. The van der Waals surface area contributed by atoms with Gasteiger partial charge in [-0.15, -0.1) is 11.3 Å². The molecule has 0 N–H and O–H groups in total. The third-order valence-electron chi connectivity index (χ3n) is 6.20. The molecule has 2 aliphatic heterocycles. The minimum absolute atomic E-state index is 0.743. The van der Waals surface area contributed by atoms with Crippen molar-refractivity contribution in [3.63, 3.8) is 0 Å². The summed E-state index contributed by atoms with van der Waals surface area (Å²) >= 11 is 7.82. The Hall–Kier alpha value is -1.62. The number of piperidine rings is 2. The molecule has 5 rings (SSSR count). The van der Waals surface area contributed by atoms with Gasteiger partial charge >= 0.3 is 0 Å². The maximum Gasteiger partial charge on any atom is 0.124 e. The van der Waals surface area contributed by atoms with E-state index in [1.807, 2.05) is 12.1 Å². The van der Waals surface area contributed by atoms with Crippen molar-refractivity contribution in [3.05, 3.63) is 47.5 Å². The average Bonchev–Trinajstić information content (AvgIpc) is 3.18. The summed E-state index contributed by atoms with van der Waals surface area (Å²) < 4.78 is 1.18. The SMILES string of the molecule is Clc1ccc2sc(-c3ccc(N4CCC(N5CCCCC5)CC4)cc3)nc2c1. The van der Waals surface area contributed by atoms with E-state index in [0.29, 0.717) is 0 Å².